The third-order valence-electron chi connectivity index (χ3n) is 0.347. The molecule has 0 spiro atoms. The molecule has 0 atom stereocenters. The van der Waals surface area contributed by atoms with Gasteiger partial charge in [-0.25, -0.2) is 0 Å². The predicted molar refractivity (Wildman–Crippen MR) is 24.8 cm³/mol. The fraction of sp³-hybridized carbons (Fsp3) is 0. The van der Waals surface area contributed by atoms with Crippen LogP contribution in [-0.4, -0.2) is 56.5 Å². The van der Waals surface area contributed by atoms with Crippen molar-refractivity contribution in [2.24, 2.45) is 0 Å². The van der Waals surface area contributed by atoms with Crippen molar-refractivity contribution in [2.75, 3.05) is 0 Å². The average molecular weight is 110 g/mol. The van der Waals surface area contributed by atoms with E-state index in [4.69, 9.17) is 0 Å². The Balaban J connectivity index is 0. The number of nitrogens with zero attached hydrogens (tertiary/aromatic N) is 1. The van der Waals surface area contributed by atoms with Crippen molar-refractivity contribution in [1.29, 1.82) is 0 Å². The molecule has 0 fully saturated rings. The predicted octanol–water partition coefficient (Wildman–Crippen LogP) is 0.139. The third-order valence-corrected chi connectivity index (χ3v) is 0.347. The molecule has 0 aromatic carbocycles. The van der Waals surface area contributed by atoms with E-state index in [1.165, 1.54) is 6.26 Å². The quantitative estimate of drug-likeness (QED) is 0.444. The second kappa shape index (κ2) is 4.02. The van der Waals surface area contributed by atoms with Gasteiger partial charge in [-0.3, -0.25) is 0 Å². The van der Waals surface area contributed by atoms with Crippen LogP contribution in [-0.2, 0) is 0 Å². The molecular weight excluding hydrogens is 105 g/mol. The van der Waals surface area contributed by atoms with E-state index in [2.05, 4.69) is 9.68 Å². The van der Waals surface area contributed by atoms with Crippen molar-refractivity contribution in [3.05, 3.63) is 18.5 Å². The Morgan fingerprint density at radius 2 is 2.50 bits per heavy atom. The third kappa shape index (κ3) is 2.10. The standard InChI is InChI=1S/C3H3NO.K.H/c1-2-4-5-3-1;;/h1-3H;;/p+1. The SMILES string of the molecule is [H+].[KH].c1cnoc1. The number of hydrogen-bond donors (Lipinski definition) is 0. The smallest absolute Gasteiger partial charge is 0.123 e. The Labute approximate surface area is 79.8 Å². The summed E-state index contributed by atoms with van der Waals surface area (Å²) in [5.41, 5.74) is 0. The van der Waals surface area contributed by atoms with Crippen LogP contribution >= 0.6 is 0 Å². The summed E-state index contributed by atoms with van der Waals surface area (Å²) < 4.78 is 4.33. The minimum absolute atomic E-state index is 0. The zero-order valence-corrected chi connectivity index (χ0v) is 2.59. The van der Waals surface area contributed by atoms with Gasteiger partial charge in [0, 0.05) is 0 Å². The molecule has 0 aliphatic rings. The molecule has 1 aromatic heterocycles. The van der Waals surface area contributed by atoms with Crippen LogP contribution in [0.15, 0.2) is 23.0 Å². The van der Waals surface area contributed by atoms with Crippen LogP contribution in [0.25, 0.3) is 0 Å². The summed E-state index contributed by atoms with van der Waals surface area (Å²) in [6, 6.07) is 1.72. The molecule has 1 rings (SSSR count). The van der Waals surface area contributed by atoms with Gasteiger partial charge in [0.2, 0.25) is 0 Å². The number of rotatable bonds is 0. The Morgan fingerprint density at radius 1 is 1.67 bits per heavy atom. The van der Waals surface area contributed by atoms with Gasteiger partial charge >= 0.3 is 52.8 Å². The molecule has 0 N–H and O–H groups in total. The zero-order valence-electron chi connectivity index (χ0n) is 3.59. The second-order valence-corrected chi connectivity index (χ2v) is 0.688. The molecule has 2 nitrogen and oxygen atoms in total. The minimum atomic E-state index is 0. The summed E-state index contributed by atoms with van der Waals surface area (Å²) in [5.74, 6) is 0. The van der Waals surface area contributed by atoms with Gasteiger partial charge < -0.3 is 4.52 Å². The normalized spacial score (nSPS) is 6.67. The maximum absolute atomic E-state index is 4.33. The first-order chi connectivity index (χ1) is 2.50. The molecule has 0 unspecified atom stereocenters. The van der Waals surface area contributed by atoms with Crippen LogP contribution in [0.3, 0.4) is 0 Å². The van der Waals surface area contributed by atoms with Gasteiger partial charge in [0.25, 0.3) is 0 Å². The van der Waals surface area contributed by atoms with Crippen LogP contribution in [0.2, 0.25) is 0 Å². The molecule has 3 heteroatoms. The molecule has 0 amide bonds. The van der Waals surface area contributed by atoms with Crippen molar-refractivity contribution < 1.29 is 5.95 Å². The average Bonchev–Trinajstić information content (AvgIpc) is 1.76. The van der Waals surface area contributed by atoms with Crippen LogP contribution in [0, 0.1) is 0 Å². The maximum atomic E-state index is 4.33. The molecule has 0 bridgehead atoms. The van der Waals surface area contributed by atoms with Crippen molar-refractivity contribution in [2.45, 2.75) is 0 Å². The summed E-state index contributed by atoms with van der Waals surface area (Å²) >= 11 is 0. The first-order valence-electron chi connectivity index (χ1n) is 1.34. The number of hydrogen-bond acceptors (Lipinski definition) is 2. The molecular formula is C3H5KNO+. The van der Waals surface area contributed by atoms with E-state index in [0.29, 0.717) is 0 Å². The Bertz CT molecular complexity index is 71.4. The van der Waals surface area contributed by atoms with E-state index < -0.39 is 0 Å². The van der Waals surface area contributed by atoms with E-state index in [9.17, 15) is 0 Å². The fourth-order valence-electron chi connectivity index (χ4n) is 0.176. The monoisotopic (exact) mass is 110 g/mol. The maximum Gasteiger partial charge on any atom is 0.123 e. The van der Waals surface area contributed by atoms with Gasteiger partial charge in [-0.15, -0.1) is 0 Å². The molecule has 28 valence electrons. The van der Waals surface area contributed by atoms with Crippen LogP contribution in [0.4, 0.5) is 0 Å². The summed E-state index contributed by atoms with van der Waals surface area (Å²) in [5, 5.41) is 3.35. The van der Waals surface area contributed by atoms with Gasteiger partial charge in [-0.05, 0) is 6.07 Å². The van der Waals surface area contributed by atoms with Crippen molar-refractivity contribution >= 4 is 51.4 Å². The zero-order chi connectivity index (χ0) is 3.54. The van der Waals surface area contributed by atoms with Crippen molar-refractivity contribution in [3.8, 4) is 0 Å². The Morgan fingerprint density at radius 3 is 2.67 bits per heavy atom. The van der Waals surface area contributed by atoms with E-state index in [0.717, 1.165) is 0 Å². The van der Waals surface area contributed by atoms with E-state index in [1.807, 2.05) is 0 Å². The van der Waals surface area contributed by atoms with E-state index in [1.54, 1.807) is 12.3 Å². The first kappa shape index (κ1) is 6.85. The molecule has 6 heavy (non-hydrogen) atoms. The Kier molecular flexibility index (Phi) is 4.58. The molecule has 0 aliphatic heterocycles. The molecule has 0 saturated heterocycles. The first-order valence-corrected chi connectivity index (χ1v) is 1.34. The van der Waals surface area contributed by atoms with Crippen molar-refractivity contribution in [3.63, 3.8) is 0 Å². The topological polar surface area (TPSA) is 26.0 Å². The van der Waals surface area contributed by atoms with E-state index >= 15 is 0 Å². The number of aromatic nitrogens is 1. The van der Waals surface area contributed by atoms with Crippen LogP contribution in [0.1, 0.15) is 1.43 Å². The Hall–Kier alpha value is 0.846. The molecule has 1 heterocycles. The van der Waals surface area contributed by atoms with Crippen LogP contribution in [0.5, 0.6) is 0 Å². The molecule has 0 aliphatic carbocycles. The van der Waals surface area contributed by atoms with Gasteiger partial charge in [0.1, 0.15) is 6.26 Å². The second-order valence-electron chi connectivity index (χ2n) is 0.688. The summed E-state index contributed by atoms with van der Waals surface area (Å²) in [4.78, 5) is 0. The van der Waals surface area contributed by atoms with Gasteiger partial charge in [0.15, 0.2) is 0 Å². The molecule has 1 aromatic rings. The van der Waals surface area contributed by atoms with Crippen LogP contribution < -0.4 is 0 Å². The summed E-state index contributed by atoms with van der Waals surface area (Å²) in [6.07, 6.45) is 3.10. The van der Waals surface area contributed by atoms with E-state index in [-0.39, 0.29) is 52.8 Å². The van der Waals surface area contributed by atoms with Gasteiger partial charge in [0.05, 0.1) is 6.20 Å². The molecule has 0 radical (unpaired) electrons. The fourth-order valence-corrected chi connectivity index (χ4v) is 0.176. The largest absolute Gasteiger partial charge is 0.365 e. The van der Waals surface area contributed by atoms with Crippen molar-refractivity contribution in [1.82, 2.24) is 5.16 Å². The van der Waals surface area contributed by atoms with Gasteiger partial charge in [-0.2, -0.15) is 0 Å². The van der Waals surface area contributed by atoms with Gasteiger partial charge in [-0.1, -0.05) is 5.16 Å². The summed E-state index contributed by atoms with van der Waals surface area (Å²) in [7, 11) is 0. The minimum Gasteiger partial charge on any atom is -0.365 e. The summed E-state index contributed by atoms with van der Waals surface area (Å²) in [6.45, 7) is 0. The molecule has 0 saturated carbocycles.